The molecule has 8 heavy (non-hydrogen) atoms. The second-order valence-corrected chi connectivity index (χ2v) is 1.13. The number of hydroxylamine groups is 1. The summed E-state index contributed by atoms with van der Waals surface area (Å²) in [7, 11) is 0. The number of aliphatic hydroxyl groups excluding tert-OH is 1. The number of rotatable bonds is 5. The van der Waals surface area contributed by atoms with Gasteiger partial charge in [-0.15, -0.1) is 0 Å². The van der Waals surface area contributed by atoms with Crippen molar-refractivity contribution in [1.29, 1.82) is 0 Å². The zero-order chi connectivity index (χ0) is 6.24. The Morgan fingerprint density at radius 3 is 3.00 bits per heavy atom. The van der Waals surface area contributed by atoms with E-state index in [1.165, 1.54) is 6.41 Å². The van der Waals surface area contributed by atoms with Crippen LogP contribution in [-0.4, -0.2) is 24.7 Å². The molecule has 0 aliphatic rings. The fourth-order valence-electron chi connectivity index (χ4n) is 0.217. The Bertz CT molecular complexity index is 57.2. The monoisotopic (exact) mass is 118 g/mol. The van der Waals surface area contributed by atoms with Gasteiger partial charge in [0, 0.05) is 6.61 Å². The van der Waals surface area contributed by atoms with Crippen molar-refractivity contribution in [2.45, 2.75) is 6.42 Å². The molecule has 0 atom stereocenters. The van der Waals surface area contributed by atoms with E-state index in [9.17, 15) is 4.79 Å². The van der Waals surface area contributed by atoms with Crippen LogP contribution in [0.2, 0.25) is 0 Å². The quantitative estimate of drug-likeness (QED) is 0.275. The molecule has 0 fully saturated rings. The summed E-state index contributed by atoms with van der Waals surface area (Å²) < 4.78 is 0. The number of hydrogen-bond donors (Lipinski definition) is 2. The van der Waals surface area contributed by atoms with Gasteiger partial charge >= 0.3 is 6.41 Å². The second kappa shape index (κ2) is 6.39. The van der Waals surface area contributed by atoms with Crippen molar-refractivity contribution in [3.63, 3.8) is 0 Å². The minimum absolute atomic E-state index is 0.0700. The van der Waals surface area contributed by atoms with E-state index >= 15 is 0 Å². The lowest BCUT2D eigenvalue weighted by atomic mass is 10.5. The summed E-state index contributed by atoms with van der Waals surface area (Å²) in [6.45, 7) is 0.395. The first-order valence-corrected chi connectivity index (χ1v) is 2.26. The van der Waals surface area contributed by atoms with E-state index in [0.29, 0.717) is 13.0 Å². The van der Waals surface area contributed by atoms with Crippen LogP contribution < -0.4 is 5.48 Å². The smallest absolute Gasteiger partial charge is 0.335 e. The Morgan fingerprint density at radius 2 is 2.50 bits per heavy atom. The largest absolute Gasteiger partial charge is 0.396 e. The average molecular weight is 118 g/mol. The van der Waals surface area contributed by atoms with Crippen molar-refractivity contribution < 1.29 is 14.7 Å². The van der Waals surface area contributed by atoms with Gasteiger partial charge in [-0.05, 0) is 6.42 Å². The molecule has 0 aliphatic carbocycles. The first kappa shape index (κ1) is 7.39. The lowest BCUT2D eigenvalue weighted by molar-refractivity contribution is 0.0705. The average Bonchev–Trinajstić information content (AvgIpc) is 1.81. The normalized spacial score (nSPS) is 8.62. The minimum atomic E-state index is 0.0700. The molecule has 0 aliphatic heterocycles. The van der Waals surface area contributed by atoms with Crippen LogP contribution in [0.3, 0.4) is 0 Å². The summed E-state index contributed by atoms with van der Waals surface area (Å²) in [4.78, 5) is 13.7. The van der Waals surface area contributed by atoms with Crippen molar-refractivity contribution >= 4 is 6.41 Å². The maximum Gasteiger partial charge on any atom is 0.335 e. The zero-order valence-corrected chi connectivity index (χ0v) is 4.39. The zero-order valence-electron chi connectivity index (χ0n) is 4.39. The molecule has 0 bridgehead atoms. The van der Waals surface area contributed by atoms with Crippen molar-refractivity contribution in [3.8, 4) is 0 Å². The third-order valence-corrected chi connectivity index (χ3v) is 0.518. The molecule has 1 radical (unpaired) electrons. The molecule has 0 heterocycles. The van der Waals surface area contributed by atoms with Gasteiger partial charge in [0.05, 0.1) is 6.61 Å². The molecule has 0 saturated heterocycles. The van der Waals surface area contributed by atoms with Crippen LogP contribution in [0.25, 0.3) is 0 Å². The summed E-state index contributed by atoms with van der Waals surface area (Å²) in [5, 5.41) is 8.16. The minimum Gasteiger partial charge on any atom is -0.396 e. The van der Waals surface area contributed by atoms with Crippen LogP contribution in [0.1, 0.15) is 6.42 Å². The van der Waals surface area contributed by atoms with Crippen molar-refractivity contribution in [2.75, 3.05) is 13.2 Å². The predicted molar refractivity (Wildman–Crippen MR) is 26.5 cm³/mol. The first-order valence-electron chi connectivity index (χ1n) is 2.26. The lowest BCUT2D eigenvalue weighted by Crippen LogP contribution is -2.12. The van der Waals surface area contributed by atoms with Gasteiger partial charge in [-0.3, -0.25) is 9.63 Å². The van der Waals surface area contributed by atoms with Crippen molar-refractivity contribution in [1.82, 2.24) is 5.48 Å². The molecule has 0 aromatic rings. The number of nitrogens with one attached hydrogen (secondary N) is 1. The van der Waals surface area contributed by atoms with Gasteiger partial charge in [-0.1, -0.05) is 0 Å². The number of aliphatic hydroxyl groups is 1. The molecule has 2 N–H and O–H groups in total. The summed E-state index contributed by atoms with van der Waals surface area (Å²) in [5.41, 5.74) is 1.87. The van der Waals surface area contributed by atoms with Crippen LogP contribution in [0, 0.1) is 0 Å². The van der Waals surface area contributed by atoms with E-state index in [4.69, 9.17) is 5.11 Å². The Hall–Kier alpha value is -0.610. The number of hydrogen-bond acceptors (Lipinski definition) is 3. The molecular weight excluding hydrogens is 110 g/mol. The number of amides is 1. The molecule has 1 amide bonds. The standard InChI is InChI=1S/C4H8NO3/c6-2-1-3-8-5-4-7/h6H,1-3H2,(H,5,7). The molecule has 0 unspecified atom stereocenters. The Labute approximate surface area is 47.4 Å². The van der Waals surface area contributed by atoms with Crippen molar-refractivity contribution in [3.05, 3.63) is 0 Å². The van der Waals surface area contributed by atoms with Crippen LogP contribution in [0.5, 0.6) is 0 Å². The first-order chi connectivity index (χ1) is 3.91. The van der Waals surface area contributed by atoms with Gasteiger partial charge < -0.3 is 5.11 Å². The Morgan fingerprint density at radius 1 is 1.75 bits per heavy atom. The summed E-state index contributed by atoms with van der Waals surface area (Å²) >= 11 is 0. The lowest BCUT2D eigenvalue weighted by Gasteiger charge is -1.94. The van der Waals surface area contributed by atoms with Crippen LogP contribution in [-0.2, 0) is 9.63 Å². The molecule has 0 aromatic carbocycles. The molecular formula is C4H8NO3. The maximum atomic E-state index is 9.34. The Balaban J connectivity index is 2.62. The van der Waals surface area contributed by atoms with E-state index in [0.717, 1.165) is 0 Å². The Kier molecular flexibility index (Phi) is 5.90. The summed E-state index contributed by atoms with van der Waals surface area (Å²) in [6, 6.07) is 0. The van der Waals surface area contributed by atoms with Crippen LogP contribution in [0.15, 0.2) is 0 Å². The molecule has 0 aromatic heterocycles. The van der Waals surface area contributed by atoms with E-state index in [-0.39, 0.29) is 6.61 Å². The summed E-state index contributed by atoms with van der Waals surface area (Å²) in [6.07, 6.45) is 1.85. The van der Waals surface area contributed by atoms with Crippen LogP contribution >= 0.6 is 0 Å². The van der Waals surface area contributed by atoms with E-state index in [1.54, 1.807) is 0 Å². The van der Waals surface area contributed by atoms with Gasteiger partial charge in [-0.25, -0.2) is 5.48 Å². The fourth-order valence-corrected chi connectivity index (χ4v) is 0.217. The van der Waals surface area contributed by atoms with Gasteiger partial charge in [0.2, 0.25) is 0 Å². The topological polar surface area (TPSA) is 58.6 Å². The second-order valence-electron chi connectivity index (χ2n) is 1.13. The SMILES string of the molecule is O=[C]NOCCCO. The molecule has 4 nitrogen and oxygen atoms in total. The highest BCUT2D eigenvalue weighted by atomic mass is 16.6. The van der Waals surface area contributed by atoms with Crippen LogP contribution in [0.4, 0.5) is 0 Å². The molecule has 0 saturated carbocycles. The van der Waals surface area contributed by atoms with E-state index in [1.807, 2.05) is 5.48 Å². The highest BCUT2D eigenvalue weighted by molar-refractivity contribution is 5.44. The number of carbonyl (C=O) groups excluding carboxylic acids is 1. The highest BCUT2D eigenvalue weighted by Crippen LogP contribution is 1.73. The highest BCUT2D eigenvalue weighted by Gasteiger charge is 1.82. The maximum absolute atomic E-state index is 9.34. The van der Waals surface area contributed by atoms with Gasteiger partial charge in [0.1, 0.15) is 0 Å². The molecule has 4 heteroatoms. The third-order valence-electron chi connectivity index (χ3n) is 0.518. The summed E-state index contributed by atoms with van der Waals surface area (Å²) in [5.74, 6) is 0. The van der Waals surface area contributed by atoms with Gasteiger partial charge in [-0.2, -0.15) is 0 Å². The molecule has 0 spiro atoms. The van der Waals surface area contributed by atoms with Crippen molar-refractivity contribution in [2.24, 2.45) is 0 Å². The molecule has 47 valence electrons. The predicted octanol–water partition coefficient (Wildman–Crippen LogP) is -1.04. The third kappa shape index (κ3) is 5.39. The van der Waals surface area contributed by atoms with E-state index < -0.39 is 0 Å². The molecule has 0 rings (SSSR count). The van der Waals surface area contributed by atoms with Gasteiger partial charge in [0.25, 0.3) is 0 Å². The van der Waals surface area contributed by atoms with Gasteiger partial charge in [0.15, 0.2) is 0 Å². The van der Waals surface area contributed by atoms with E-state index in [2.05, 4.69) is 4.84 Å². The fraction of sp³-hybridized carbons (Fsp3) is 0.750.